The molecule has 21 heavy (non-hydrogen) atoms. The summed E-state index contributed by atoms with van der Waals surface area (Å²) >= 11 is 2.06. The van der Waals surface area contributed by atoms with Gasteiger partial charge >= 0.3 is 0 Å². The quantitative estimate of drug-likeness (QED) is 0.802. The zero-order valence-electron chi connectivity index (χ0n) is 14.1. The lowest BCUT2D eigenvalue weighted by atomic mass is 9.67. The Morgan fingerprint density at radius 3 is 2.67 bits per heavy atom. The molecule has 2 rings (SSSR count). The summed E-state index contributed by atoms with van der Waals surface area (Å²) in [6.07, 6.45) is 5.25. The Bertz CT molecular complexity index is 455. The van der Waals surface area contributed by atoms with Gasteiger partial charge in [0.15, 0.2) is 0 Å². The molecule has 1 nitrogen and oxygen atoms in total. The van der Waals surface area contributed by atoms with Crippen LogP contribution in [0.15, 0.2) is 29.2 Å². The molecule has 3 unspecified atom stereocenters. The van der Waals surface area contributed by atoms with Gasteiger partial charge in [0.2, 0.25) is 0 Å². The molecule has 0 aliphatic heterocycles. The highest BCUT2D eigenvalue weighted by Crippen LogP contribution is 2.46. The van der Waals surface area contributed by atoms with Crippen molar-refractivity contribution in [2.75, 3.05) is 6.54 Å². The molecule has 0 spiro atoms. The number of thioether (sulfide) groups is 1. The summed E-state index contributed by atoms with van der Waals surface area (Å²) in [5, 5.41) is 0.682. The van der Waals surface area contributed by atoms with Crippen LogP contribution in [0.25, 0.3) is 0 Å². The van der Waals surface area contributed by atoms with Crippen molar-refractivity contribution in [1.82, 2.24) is 0 Å². The van der Waals surface area contributed by atoms with Crippen LogP contribution in [-0.4, -0.2) is 11.8 Å². The maximum atomic E-state index is 6.05. The van der Waals surface area contributed by atoms with Crippen molar-refractivity contribution < 1.29 is 0 Å². The fourth-order valence-electron chi connectivity index (χ4n) is 3.47. The van der Waals surface area contributed by atoms with E-state index in [1.807, 2.05) is 0 Å². The van der Waals surface area contributed by atoms with Gasteiger partial charge in [0.25, 0.3) is 0 Å². The van der Waals surface area contributed by atoms with Crippen molar-refractivity contribution in [1.29, 1.82) is 0 Å². The molecule has 0 amide bonds. The van der Waals surface area contributed by atoms with Crippen LogP contribution in [0.4, 0.5) is 0 Å². The zero-order chi connectivity index (χ0) is 15.5. The van der Waals surface area contributed by atoms with E-state index in [9.17, 15) is 0 Å². The first-order chi connectivity index (χ1) is 9.96. The van der Waals surface area contributed by atoms with Gasteiger partial charge in [-0.05, 0) is 62.1 Å². The summed E-state index contributed by atoms with van der Waals surface area (Å²) in [6, 6.07) is 8.91. The highest BCUT2D eigenvalue weighted by atomic mass is 32.2. The summed E-state index contributed by atoms with van der Waals surface area (Å²) in [4.78, 5) is 1.41. The van der Waals surface area contributed by atoms with Crippen molar-refractivity contribution in [2.24, 2.45) is 23.0 Å². The minimum Gasteiger partial charge on any atom is -0.330 e. The standard InChI is InChI=1S/C19H31NS/c1-5-19(3,4)16-10-9-15(13-20)18(12-16)21-17-8-6-7-14(2)11-17/h6-8,11,15-16,18H,5,9-10,12-13,20H2,1-4H3. The topological polar surface area (TPSA) is 26.0 Å². The van der Waals surface area contributed by atoms with Gasteiger partial charge < -0.3 is 5.73 Å². The molecule has 118 valence electrons. The lowest BCUT2D eigenvalue weighted by Crippen LogP contribution is -2.37. The Balaban J connectivity index is 2.10. The fraction of sp³-hybridized carbons (Fsp3) is 0.684. The van der Waals surface area contributed by atoms with Crippen LogP contribution in [0.3, 0.4) is 0 Å². The van der Waals surface area contributed by atoms with Gasteiger partial charge in [0.1, 0.15) is 0 Å². The Labute approximate surface area is 135 Å². The number of aryl methyl sites for hydroxylation is 1. The molecule has 2 N–H and O–H groups in total. The lowest BCUT2D eigenvalue weighted by Gasteiger charge is -2.42. The molecule has 3 atom stereocenters. The molecule has 0 aromatic heterocycles. The van der Waals surface area contributed by atoms with Crippen LogP contribution in [0.2, 0.25) is 0 Å². The molecule has 1 aromatic carbocycles. The molecule has 1 fully saturated rings. The number of benzene rings is 1. The van der Waals surface area contributed by atoms with Gasteiger partial charge in [0, 0.05) is 10.1 Å². The molecular weight excluding hydrogens is 274 g/mol. The van der Waals surface area contributed by atoms with Crippen molar-refractivity contribution >= 4 is 11.8 Å². The molecule has 0 heterocycles. The second-order valence-corrected chi connectivity index (χ2v) is 8.63. The summed E-state index contributed by atoms with van der Waals surface area (Å²) in [7, 11) is 0. The molecule has 0 bridgehead atoms. The number of hydrogen-bond donors (Lipinski definition) is 1. The van der Waals surface area contributed by atoms with Crippen molar-refractivity contribution in [3.63, 3.8) is 0 Å². The maximum absolute atomic E-state index is 6.05. The minimum atomic E-state index is 0.463. The average molecular weight is 306 g/mol. The number of hydrogen-bond acceptors (Lipinski definition) is 2. The molecule has 1 saturated carbocycles. The lowest BCUT2D eigenvalue weighted by molar-refractivity contribution is 0.134. The van der Waals surface area contributed by atoms with E-state index in [0.717, 1.165) is 12.5 Å². The van der Waals surface area contributed by atoms with E-state index < -0.39 is 0 Å². The summed E-state index contributed by atoms with van der Waals surface area (Å²) < 4.78 is 0. The zero-order valence-corrected chi connectivity index (χ0v) is 14.9. The normalized spacial score (nSPS) is 26.8. The number of nitrogens with two attached hydrogens (primary N) is 1. The van der Waals surface area contributed by atoms with E-state index in [1.54, 1.807) is 0 Å². The van der Waals surface area contributed by atoms with E-state index in [0.29, 0.717) is 16.6 Å². The third-order valence-corrected chi connectivity index (χ3v) is 6.93. The SMILES string of the molecule is CCC(C)(C)C1CCC(CN)C(Sc2cccc(C)c2)C1. The van der Waals surface area contributed by atoms with Gasteiger partial charge in [-0.3, -0.25) is 0 Å². The second kappa shape index (κ2) is 7.19. The first-order valence-electron chi connectivity index (χ1n) is 8.39. The molecular formula is C19H31NS. The Morgan fingerprint density at radius 2 is 2.05 bits per heavy atom. The Kier molecular flexibility index (Phi) is 5.79. The molecule has 0 radical (unpaired) electrons. The third-order valence-electron chi connectivity index (χ3n) is 5.52. The highest BCUT2D eigenvalue weighted by molar-refractivity contribution is 8.00. The third kappa shape index (κ3) is 4.26. The van der Waals surface area contributed by atoms with Crippen molar-refractivity contribution in [2.45, 2.75) is 63.5 Å². The largest absolute Gasteiger partial charge is 0.330 e. The summed E-state index contributed by atoms with van der Waals surface area (Å²) in [6.45, 7) is 10.2. The molecule has 1 aromatic rings. The van der Waals surface area contributed by atoms with E-state index in [2.05, 4.69) is 63.7 Å². The summed E-state index contributed by atoms with van der Waals surface area (Å²) in [5.74, 6) is 1.52. The van der Waals surface area contributed by atoms with Crippen molar-refractivity contribution in [3.05, 3.63) is 29.8 Å². The highest BCUT2D eigenvalue weighted by Gasteiger charge is 2.37. The van der Waals surface area contributed by atoms with Crippen LogP contribution in [0.1, 0.15) is 52.0 Å². The van der Waals surface area contributed by atoms with Gasteiger partial charge in [-0.2, -0.15) is 0 Å². The van der Waals surface area contributed by atoms with E-state index in [-0.39, 0.29) is 0 Å². The Hall–Kier alpha value is -0.470. The Morgan fingerprint density at radius 1 is 1.29 bits per heavy atom. The van der Waals surface area contributed by atoms with Crippen LogP contribution in [0, 0.1) is 24.2 Å². The fourth-order valence-corrected chi connectivity index (χ4v) is 5.00. The van der Waals surface area contributed by atoms with Gasteiger partial charge in [-0.1, -0.05) is 44.9 Å². The molecule has 0 saturated heterocycles. The van der Waals surface area contributed by atoms with E-state index in [4.69, 9.17) is 5.73 Å². The second-order valence-electron chi connectivity index (χ2n) is 7.32. The predicted molar refractivity (Wildman–Crippen MR) is 94.8 cm³/mol. The van der Waals surface area contributed by atoms with E-state index >= 15 is 0 Å². The van der Waals surface area contributed by atoms with Gasteiger partial charge in [0.05, 0.1) is 0 Å². The van der Waals surface area contributed by atoms with Crippen LogP contribution < -0.4 is 5.73 Å². The smallest absolute Gasteiger partial charge is 0.0137 e. The first-order valence-corrected chi connectivity index (χ1v) is 9.27. The summed E-state index contributed by atoms with van der Waals surface area (Å²) in [5.41, 5.74) is 7.87. The van der Waals surface area contributed by atoms with Crippen molar-refractivity contribution in [3.8, 4) is 0 Å². The van der Waals surface area contributed by atoms with Crippen LogP contribution >= 0.6 is 11.8 Å². The van der Waals surface area contributed by atoms with E-state index in [1.165, 1.54) is 36.1 Å². The molecule has 1 aliphatic carbocycles. The predicted octanol–water partition coefficient (Wildman–Crippen LogP) is 5.27. The van der Waals surface area contributed by atoms with Crippen LogP contribution in [-0.2, 0) is 0 Å². The minimum absolute atomic E-state index is 0.463. The maximum Gasteiger partial charge on any atom is 0.0137 e. The van der Waals surface area contributed by atoms with Crippen LogP contribution in [0.5, 0.6) is 0 Å². The molecule has 1 aliphatic rings. The van der Waals surface area contributed by atoms with Gasteiger partial charge in [-0.25, -0.2) is 0 Å². The number of rotatable bonds is 5. The van der Waals surface area contributed by atoms with Gasteiger partial charge in [-0.15, -0.1) is 11.8 Å². The monoisotopic (exact) mass is 305 g/mol. The average Bonchev–Trinajstić information content (AvgIpc) is 2.47. The molecule has 2 heteroatoms. The first kappa shape index (κ1) is 16.9.